The molecule has 51 heavy (non-hydrogen) atoms. The fraction of sp³-hybridized carbons (Fsp3) is 0. The van der Waals surface area contributed by atoms with E-state index in [0.29, 0.717) is 5.95 Å². The molecule has 0 amide bonds. The molecule has 0 radical (unpaired) electrons. The van der Waals surface area contributed by atoms with Crippen LogP contribution in [0.5, 0.6) is 11.5 Å². The molecule has 0 atom stereocenters. The second-order valence-corrected chi connectivity index (χ2v) is 13.4. The van der Waals surface area contributed by atoms with Gasteiger partial charge in [-0.25, -0.2) is 9.97 Å². The van der Waals surface area contributed by atoms with Crippen molar-refractivity contribution in [1.82, 2.24) is 19.1 Å². The van der Waals surface area contributed by atoms with Crippen molar-refractivity contribution >= 4 is 76.1 Å². The predicted molar refractivity (Wildman–Crippen MR) is 209 cm³/mol. The third-order valence-corrected chi connectivity index (χ3v) is 10.7. The first-order valence-electron chi connectivity index (χ1n) is 17.3. The van der Waals surface area contributed by atoms with Crippen molar-refractivity contribution in [2.45, 2.75) is 0 Å². The van der Waals surface area contributed by atoms with Crippen LogP contribution in [-0.4, -0.2) is 19.1 Å². The Hall–Kier alpha value is -6.98. The highest BCUT2D eigenvalue weighted by atomic mass is 16.5. The molecule has 5 nitrogen and oxygen atoms in total. The topological polar surface area (TPSA) is 44.9 Å². The Morgan fingerprint density at radius 2 is 1.04 bits per heavy atom. The maximum Gasteiger partial charge on any atom is 0.235 e. The van der Waals surface area contributed by atoms with Gasteiger partial charge in [0, 0.05) is 32.8 Å². The van der Waals surface area contributed by atoms with E-state index in [1.54, 1.807) is 0 Å². The molecule has 1 aliphatic rings. The number of hydrogen-bond donors (Lipinski definition) is 0. The summed E-state index contributed by atoms with van der Waals surface area (Å²) in [5, 5.41) is 10.6. The quantitative estimate of drug-likeness (QED) is 0.187. The number of ether oxygens (including phenoxy) is 1. The first kappa shape index (κ1) is 26.9. The minimum atomic E-state index is 0.629. The molecule has 0 N–H and O–H groups in total. The van der Waals surface area contributed by atoms with Gasteiger partial charge < -0.3 is 9.30 Å². The molecule has 12 rings (SSSR count). The molecule has 0 fully saturated rings. The van der Waals surface area contributed by atoms with Gasteiger partial charge in [0.2, 0.25) is 5.95 Å². The first-order valence-corrected chi connectivity index (χ1v) is 17.3. The lowest BCUT2D eigenvalue weighted by atomic mass is 9.98. The van der Waals surface area contributed by atoms with E-state index >= 15 is 0 Å². The van der Waals surface area contributed by atoms with E-state index in [-0.39, 0.29) is 0 Å². The van der Waals surface area contributed by atoms with Gasteiger partial charge in [0.25, 0.3) is 0 Å². The average Bonchev–Trinajstić information content (AvgIpc) is 3.72. The van der Waals surface area contributed by atoms with Crippen LogP contribution in [0.25, 0.3) is 99.0 Å². The first-order chi connectivity index (χ1) is 25.3. The largest absolute Gasteiger partial charge is 0.456 e. The van der Waals surface area contributed by atoms with Gasteiger partial charge in [-0.15, -0.1) is 0 Å². The summed E-state index contributed by atoms with van der Waals surface area (Å²) in [6.45, 7) is 0. The van der Waals surface area contributed by atoms with Crippen molar-refractivity contribution in [2.75, 3.05) is 0 Å². The SMILES string of the molecule is c1ccc2c(c1)Oc1cccc3nc(-n4c5ccccc5c5c6ccccc6c6c7ccccc7n(-c7ccc8ccccc8c7)c6c54)nc-2c13. The number of para-hydroxylation sites is 3. The van der Waals surface area contributed by atoms with E-state index in [9.17, 15) is 0 Å². The molecule has 0 saturated carbocycles. The molecular weight excluding hydrogens is 625 g/mol. The third kappa shape index (κ3) is 3.54. The summed E-state index contributed by atoms with van der Waals surface area (Å²) in [4.78, 5) is 10.8. The lowest BCUT2D eigenvalue weighted by Gasteiger charge is -2.21. The van der Waals surface area contributed by atoms with E-state index in [2.05, 4.69) is 137 Å². The highest BCUT2D eigenvalue weighted by Crippen LogP contribution is 2.48. The van der Waals surface area contributed by atoms with E-state index in [4.69, 9.17) is 14.7 Å². The van der Waals surface area contributed by atoms with Gasteiger partial charge in [-0.1, -0.05) is 109 Å². The molecular formula is C46H26N4O. The van der Waals surface area contributed by atoms with Crippen LogP contribution in [0.15, 0.2) is 158 Å². The van der Waals surface area contributed by atoms with Crippen molar-refractivity contribution < 1.29 is 4.74 Å². The Bertz CT molecular complexity index is 3300. The van der Waals surface area contributed by atoms with E-state index in [1.807, 2.05) is 30.3 Å². The number of fused-ring (bicyclic) bond motifs is 13. The van der Waals surface area contributed by atoms with E-state index < -0.39 is 0 Å². The lowest BCUT2D eigenvalue weighted by Crippen LogP contribution is -2.07. The second-order valence-electron chi connectivity index (χ2n) is 13.4. The van der Waals surface area contributed by atoms with Crippen LogP contribution >= 0.6 is 0 Å². The predicted octanol–water partition coefficient (Wildman–Crippen LogP) is 11.9. The molecule has 0 spiro atoms. The minimum Gasteiger partial charge on any atom is -0.456 e. The maximum atomic E-state index is 6.37. The standard InChI is InChI=1S/C46H26N4O/c1-2-13-28-26-29(25-24-27(28)12-1)49-36-20-8-5-16-32(36)40-30-14-3-4-15-31(30)41-33-17-6-9-21-37(33)50(45(41)44(40)49)46-47-35-19-11-23-39-42(35)43(48-46)34-18-7-10-22-38(34)51-39/h1-26H. The summed E-state index contributed by atoms with van der Waals surface area (Å²) >= 11 is 0. The molecule has 0 bridgehead atoms. The lowest BCUT2D eigenvalue weighted by molar-refractivity contribution is 0.486. The Kier molecular flexibility index (Phi) is 5.17. The number of rotatable bonds is 2. The highest BCUT2D eigenvalue weighted by Gasteiger charge is 2.28. The summed E-state index contributed by atoms with van der Waals surface area (Å²) in [7, 11) is 0. The summed E-state index contributed by atoms with van der Waals surface area (Å²) in [5.41, 5.74) is 8.23. The normalized spacial score (nSPS) is 12.5. The fourth-order valence-corrected chi connectivity index (χ4v) is 8.57. The summed E-state index contributed by atoms with van der Waals surface area (Å²) in [5.74, 6) is 2.21. The molecule has 3 aromatic heterocycles. The highest BCUT2D eigenvalue weighted by molar-refractivity contribution is 6.36. The van der Waals surface area contributed by atoms with Crippen molar-refractivity contribution in [1.29, 1.82) is 0 Å². The monoisotopic (exact) mass is 650 g/mol. The maximum absolute atomic E-state index is 6.37. The van der Waals surface area contributed by atoms with Crippen LogP contribution < -0.4 is 4.74 Å². The smallest absolute Gasteiger partial charge is 0.235 e. The van der Waals surface area contributed by atoms with Crippen molar-refractivity contribution in [3.8, 4) is 34.4 Å². The second kappa shape index (κ2) is 9.80. The van der Waals surface area contributed by atoms with Crippen molar-refractivity contribution in [2.24, 2.45) is 0 Å². The zero-order valence-electron chi connectivity index (χ0n) is 27.2. The molecule has 1 aliphatic heterocycles. The van der Waals surface area contributed by atoms with Gasteiger partial charge in [-0.05, 0) is 70.1 Å². The van der Waals surface area contributed by atoms with Crippen molar-refractivity contribution in [3.05, 3.63) is 158 Å². The minimum absolute atomic E-state index is 0.629. The summed E-state index contributed by atoms with van der Waals surface area (Å²) < 4.78 is 11.1. The molecule has 4 heterocycles. The molecule has 5 heteroatoms. The van der Waals surface area contributed by atoms with E-state index in [1.165, 1.54) is 37.7 Å². The van der Waals surface area contributed by atoms with Crippen molar-refractivity contribution in [3.63, 3.8) is 0 Å². The molecule has 11 aromatic rings. The zero-order valence-corrected chi connectivity index (χ0v) is 27.2. The van der Waals surface area contributed by atoms with Crippen LogP contribution in [-0.2, 0) is 0 Å². The van der Waals surface area contributed by atoms with Gasteiger partial charge >= 0.3 is 0 Å². The molecule has 0 unspecified atom stereocenters. The van der Waals surface area contributed by atoms with Crippen LogP contribution in [0.4, 0.5) is 0 Å². The molecule has 0 saturated heterocycles. The van der Waals surface area contributed by atoms with E-state index in [0.717, 1.165) is 66.8 Å². The van der Waals surface area contributed by atoms with Gasteiger partial charge in [0.1, 0.15) is 11.5 Å². The Labute approximate surface area is 291 Å². The summed E-state index contributed by atoms with van der Waals surface area (Å²) in [6, 6.07) is 55.9. The number of nitrogens with zero attached hydrogens (tertiary/aromatic N) is 4. The fourth-order valence-electron chi connectivity index (χ4n) is 8.57. The summed E-state index contributed by atoms with van der Waals surface area (Å²) in [6.07, 6.45) is 0. The molecule has 8 aromatic carbocycles. The van der Waals surface area contributed by atoms with Crippen LogP contribution in [0.2, 0.25) is 0 Å². The Morgan fingerprint density at radius 1 is 0.431 bits per heavy atom. The third-order valence-electron chi connectivity index (χ3n) is 10.7. The average molecular weight is 651 g/mol. The van der Waals surface area contributed by atoms with Crippen LogP contribution in [0, 0.1) is 0 Å². The van der Waals surface area contributed by atoms with Gasteiger partial charge in [0.05, 0.1) is 38.7 Å². The van der Waals surface area contributed by atoms with Crippen LogP contribution in [0.3, 0.4) is 0 Å². The zero-order chi connectivity index (χ0) is 33.2. The number of aromatic nitrogens is 4. The van der Waals surface area contributed by atoms with Gasteiger partial charge in [-0.2, -0.15) is 0 Å². The number of hydrogen-bond acceptors (Lipinski definition) is 3. The Morgan fingerprint density at radius 3 is 1.82 bits per heavy atom. The van der Waals surface area contributed by atoms with Gasteiger partial charge in [-0.3, -0.25) is 4.57 Å². The number of benzene rings is 8. The Balaban J connectivity index is 1.34. The molecule has 0 aliphatic carbocycles. The molecule has 236 valence electrons. The van der Waals surface area contributed by atoms with Crippen LogP contribution in [0.1, 0.15) is 0 Å². The van der Waals surface area contributed by atoms with Gasteiger partial charge in [0.15, 0.2) is 0 Å².